The summed E-state index contributed by atoms with van der Waals surface area (Å²) in [4.78, 5) is 15.8. The van der Waals surface area contributed by atoms with Crippen molar-refractivity contribution in [3.05, 3.63) is 30.1 Å². The number of hydrogen-bond acceptors (Lipinski definition) is 5. The van der Waals surface area contributed by atoms with Crippen LogP contribution in [0.4, 0.5) is 0 Å². The largest absolute Gasteiger partial charge is 0.468 e. The Kier molecular flexibility index (Phi) is 4.81. The molecule has 0 fully saturated rings. The number of rotatable bonds is 6. The van der Waals surface area contributed by atoms with Gasteiger partial charge in [0.2, 0.25) is 0 Å². The zero-order chi connectivity index (χ0) is 13.7. The molecule has 0 saturated heterocycles. The van der Waals surface area contributed by atoms with Gasteiger partial charge < -0.3 is 14.5 Å². The van der Waals surface area contributed by atoms with Crippen molar-refractivity contribution in [2.75, 3.05) is 19.4 Å². The van der Waals surface area contributed by atoms with Crippen molar-refractivity contribution in [3.8, 4) is 0 Å². The molecule has 0 unspecified atom stereocenters. The first kappa shape index (κ1) is 13.9. The molecule has 0 saturated carbocycles. The first-order chi connectivity index (χ1) is 9.26. The van der Waals surface area contributed by atoms with E-state index in [1.54, 1.807) is 0 Å². The molecule has 102 valence electrons. The first-order valence-electron chi connectivity index (χ1n) is 6.12. The van der Waals surface area contributed by atoms with Gasteiger partial charge in [-0.05, 0) is 18.7 Å². The Bertz CT molecular complexity index is 568. The predicted molar refractivity (Wildman–Crippen MR) is 75.3 cm³/mol. The number of imidazole rings is 1. The third-order valence-electron chi connectivity index (χ3n) is 2.69. The van der Waals surface area contributed by atoms with Crippen molar-refractivity contribution in [1.29, 1.82) is 0 Å². The summed E-state index contributed by atoms with van der Waals surface area (Å²) >= 11 is 1.41. The monoisotopic (exact) mass is 279 g/mol. The summed E-state index contributed by atoms with van der Waals surface area (Å²) in [7, 11) is 1.39. The number of fused-ring (bicyclic) bond motifs is 1. The number of pyridine rings is 1. The van der Waals surface area contributed by atoms with Crippen molar-refractivity contribution >= 4 is 23.4 Å². The Morgan fingerprint density at radius 1 is 1.53 bits per heavy atom. The molecule has 0 bridgehead atoms. The molecule has 0 atom stereocenters. The van der Waals surface area contributed by atoms with Gasteiger partial charge in [-0.3, -0.25) is 4.79 Å². The standard InChI is InChI=1S/C13H17N3O2S/c1-3-14-8-10-13(19-9-12(17)18-2)15-11-6-4-5-7-16(10)11/h4-7,14H,3,8-9H2,1-2H3. The van der Waals surface area contributed by atoms with Crippen molar-refractivity contribution < 1.29 is 9.53 Å². The van der Waals surface area contributed by atoms with Crippen LogP contribution in [0.25, 0.3) is 5.65 Å². The summed E-state index contributed by atoms with van der Waals surface area (Å²) < 4.78 is 6.70. The molecule has 1 N–H and O–H groups in total. The van der Waals surface area contributed by atoms with Gasteiger partial charge >= 0.3 is 5.97 Å². The summed E-state index contributed by atoms with van der Waals surface area (Å²) in [5.41, 5.74) is 1.97. The Labute approximate surface area is 116 Å². The van der Waals surface area contributed by atoms with Gasteiger partial charge in [0.05, 0.1) is 18.6 Å². The highest BCUT2D eigenvalue weighted by Gasteiger charge is 2.13. The number of thioether (sulfide) groups is 1. The molecule has 0 aromatic carbocycles. The lowest BCUT2D eigenvalue weighted by Crippen LogP contribution is -2.14. The molecule has 0 amide bonds. The second-order valence-electron chi connectivity index (χ2n) is 3.94. The van der Waals surface area contributed by atoms with E-state index in [-0.39, 0.29) is 11.7 Å². The lowest BCUT2D eigenvalue weighted by molar-refractivity contribution is -0.137. The van der Waals surface area contributed by atoms with E-state index in [0.29, 0.717) is 0 Å². The van der Waals surface area contributed by atoms with Gasteiger partial charge in [0, 0.05) is 12.7 Å². The van der Waals surface area contributed by atoms with Crippen LogP contribution < -0.4 is 5.32 Å². The molecular weight excluding hydrogens is 262 g/mol. The summed E-state index contributed by atoms with van der Waals surface area (Å²) in [6, 6.07) is 5.88. The van der Waals surface area contributed by atoms with Crippen LogP contribution in [0.15, 0.2) is 29.4 Å². The number of esters is 1. The Hall–Kier alpha value is -1.53. The predicted octanol–water partition coefficient (Wildman–Crippen LogP) is 1.71. The van der Waals surface area contributed by atoms with Crippen molar-refractivity contribution in [3.63, 3.8) is 0 Å². The van der Waals surface area contributed by atoms with Gasteiger partial charge in [-0.15, -0.1) is 0 Å². The van der Waals surface area contributed by atoms with Crippen molar-refractivity contribution in [2.24, 2.45) is 0 Å². The number of carbonyl (C=O) groups is 1. The van der Waals surface area contributed by atoms with E-state index in [0.717, 1.165) is 29.5 Å². The minimum atomic E-state index is -0.239. The van der Waals surface area contributed by atoms with Crippen LogP contribution in [0.5, 0.6) is 0 Å². The highest BCUT2D eigenvalue weighted by Crippen LogP contribution is 2.23. The molecule has 0 aliphatic rings. The minimum Gasteiger partial charge on any atom is -0.468 e. The maximum Gasteiger partial charge on any atom is 0.316 e. The summed E-state index contributed by atoms with van der Waals surface area (Å²) in [5, 5.41) is 4.17. The lowest BCUT2D eigenvalue weighted by atomic mass is 10.4. The fourth-order valence-electron chi connectivity index (χ4n) is 1.73. The molecule has 2 rings (SSSR count). The molecule has 2 aromatic rings. The molecule has 5 nitrogen and oxygen atoms in total. The van der Waals surface area contributed by atoms with Crippen LogP contribution in [0, 0.1) is 0 Å². The topological polar surface area (TPSA) is 55.6 Å². The van der Waals surface area contributed by atoms with Gasteiger partial charge in [-0.1, -0.05) is 24.8 Å². The highest BCUT2D eigenvalue weighted by atomic mass is 32.2. The third kappa shape index (κ3) is 3.27. The molecular formula is C13H17N3O2S. The number of aromatic nitrogens is 2. The van der Waals surface area contributed by atoms with Crippen LogP contribution in [0.1, 0.15) is 12.6 Å². The molecule has 2 heterocycles. The van der Waals surface area contributed by atoms with Crippen molar-refractivity contribution in [2.45, 2.75) is 18.5 Å². The number of ether oxygens (including phenoxy) is 1. The lowest BCUT2D eigenvalue weighted by Gasteiger charge is -2.05. The summed E-state index contributed by atoms with van der Waals surface area (Å²) in [5.74, 6) is 0.0379. The van der Waals surface area contributed by atoms with Crippen LogP contribution in [0.3, 0.4) is 0 Å². The fourth-order valence-corrected chi connectivity index (χ4v) is 2.60. The van der Waals surface area contributed by atoms with E-state index >= 15 is 0 Å². The molecule has 0 aliphatic carbocycles. The van der Waals surface area contributed by atoms with Gasteiger partial charge in [0.15, 0.2) is 0 Å². The number of hydrogen-bond donors (Lipinski definition) is 1. The molecule has 6 heteroatoms. The van der Waals surface area contributed by atoms with Gasteiger partial charge in [0.25, 0.3) is 0 Å². The second-order valence-corrected chi connectivity index (χ2v) is 4.90. The van der Waals surface area contributed by atoms with Crippen LogP contribution >= 0.6 is 11.8 Å². The van der Waals surface area contributed by atoms with E-state index in [1.807, 2.05) is 28.8 Å². The summed E-state index contributed by atoms with van der Waals surface area (Å²) in [6.45, 7) is 3.68. The highest BCUT2D eigenvalue weighted by molar-refractivity contribution is 7.99. The van der Waals surface area contributed by atoms with Crippen LogP contribution in [-0.4, -0.2) is 34.8 Å². The SMILES string of the molecule is CCNCc1c(SCC(=O)OC)nc2ccccn12. The first-order valence-corrected chi connectivity index (χ1v) is 7.11. The van der Waals surface area contributed by atoms with E-state index in [9.17, 15) is 4.79 Å². The van der Waals surface area contributed by atoms with Gasteiger partial charge in [-0.25, -0.2) is 4.98 Å². The Balaban J connectivity index is 2.27. The van der Waals surface area contributed by atoms with E-state index in [2.05, 4.69) is 22.0 Å². The van der Waals surface area contributed by atoms with E-state index < -0.39 is 0 Å². The second kappa shape index (κ2) is 6.58. The molecule has 19 heavy (non-hydrogen) atoms. The van der Waals surface area contributed by atoms with E-state index in [4.69, 9.17) is 0 Å². The van der Waals surface area contributed by atoms with E-state index in [1.165, 1.54) is 18.9 Å². The number of nitrogens with one attached hydrogen (secondary N) is 1. The average Bonchev–Trinajstić information content (AvgIpc) is 2.80. The minimum absolute atomic E-state index is 0.239. The molecule has 0 radical (unpaired) electrons. The van der Waals surface area contributed by atoms with Gasteiger partial charge in [-0.2, -0.15) is 0 Å². The van der Waals surface area contributed by atoms with Gasteiger partial charge in [0.1, 0.15) is 10.7 Å². The zero-order valence-corrected chi connectivity index (χ0v) is 11.9. The maximum atomic E-state index is 11.2. The third-order valence-corrected chi connectivity index (χ3v) is 3.67. The molecule has 2 aromatic heterocycles. The Morgan fingerprint density at radius 2 is 2.37 bits per heavy atom. The smallest absolute Gasteiger partial charge is 0.316 e. The Morgan fingerprint density at radius 3 is 3.11 bits per heavy atom. The normalized spacial score (nSPS) is 10.8. The molecule has 0 spiro atoms. The van der Waals surface area contributed by atoms with Crippen LogP contribution in [-0.2, 0) is 16.1 Å². The molecule has 0 aliphatic heterocycles. The number of nitrogens with zero attached hydrogens (tertiary/aromatic N) is 2. The average molecular weight is 279 g/mol. The van der Waals surface area contributed by atoms with Crippen molar-refractivity contribution in [1.82, 2.24) is 14.7 Å². The number of carbonyl (C=O) groups excluding carboxylic acids is 1. The number of methoxy groups -OCH3 is 1. The quantitative estimate of drug-likeness (QED) is 0.644. The zero-order valence-electron chi connectivity index (χ0n) is 11.0. The maximum absolute atomic E-state index is 11.2. The fraction of sp³-hybridized carbons (Fsp3) is 0.385. The summed E-state index contributed by atoms with van der Waals surface area (Å²) in [6.07, 6.45) is 1.98. The van der Waals surface area contributed by atoms with Crippen LogP contribution in [0.2, 0.25) is 0 Å².